The number of ether oxygens (including phenoxy) is 1. The van der Waals surface area contributed by atoms with Crippen LogP contribution in [0.2, 0.25) is 0 Å². The number of aliphatic hydroxyl groups is 1. The summed E-state index contributed by atoms with van der Waals surface area (Å²) in [4.78, 5) is 46.7. The van der Waals surface area contributed by atoms with Crippen LogP contribution in [-0.4, -0.2) is 49.6 Å². The number of carbonyl (C=O) groups excluding carboxylic acids is 2. The number of phenols is 1. The number of aromatic amines is 1. The molecule has 1 aliphatic rings. The zero-order valence-corrected chi connectivity index (χ0v) is 21.6. The van der Waals surface area contributed by atoms with Gasteiger partial charge in [0.05, 0.1) is 34.8 Å². The number of carboxylic acid groups (broad SMARTS) is 1. The van der Waals surface area contributed by atoms with E-state index >= 15 is 0 Å². The summed E-state index contributed by atoms with van der Waals surface area (Å²) in [5.41, 5.74) is 1.38. The van der Waals surface area contributed by atoms with Crippen molar-refractivity contribution in [1.29, 1.82) is 0 Å². The Balaban J connectivity index is 1.57. The van der Waals surface area contributed by atoms with Gasteiger partial charge in [0.25, 0.3) is 5.78 Å². The highest BCUT2D eigenvalue weighted by atomic mass is 16.5. The predicted molar refractivity (Wildman–Crippen MR) is 147 cm³/mol. The molecule has 4 aromatic rings. The van der Waals surface area contributed by atoms with Gasteiger partial charge >= 0.3 is 11.9 Å². The molecule has 0 bridgehead atoms. The fraction of sp³-hybridized carbons (Fsp3) is 0.200. The number of hydrogen-bond donors (Lipinski definition) is 4. The van der Waals surface area contributed by atoms with Crippen molar-refractivity contribution in [2.24, 2.45) is 0 Å². The average molecular weight is 542 g/mol. The van der Waals surface area contributed by atoms with E-state index in [2.05, 4.69) is 16.9 Å². The second-order valence-corrected chi connectivity index (χ2v) is 9.44. The number of carbonyl (C=O) groups is 3. The van der Waals surface area contributed by atoms with Crippen LogP contribution in [0.5, 0.6) is 11.5 Å². The Morgan fingerprint density at radius 1 is 0.975 bits per heavy atom. The summed E-state index contributed by atoms with van der Waals surface area (Å²) in [7, 11) is 0. The van der Waals surface area contributed by atoms with Crippen LogP contribution in [0.1, 0.15) is 53.7 Å². The maximum Gasteiger partial charge on any atom is 0.335 e. The molecule has 204 valence electrons. The minimum atomic E-state index is -1.13. The molecule has 2 heterocycles. The number of Topliss-reactive ketones (excluding diaryl/α,β-unsaturated/α-hetero) is 1. The lowest BCUT2D eigenvalue weighted by Crippen LogP contribution is -2.30. The van der Waals surface area contributed by atoms with E-state index in [-0.39, 0.29) is 28.6 Å². The summed E-state index contributed by atoms with van der Waals surface area (Å²) in [6.45, 7) is 2.67. The number of rotatable bonds is 9. The number of amides is 1. The number of aromatic nitrogens is 2. The first-order valence-corrected chi connectivity index (χ1v) is 12.8. The van der Waals surface area contributed by atoms with Gasteiger partial charge < -0.3 is 25.0 Å². The van der Waals surface area contributed by atoms with Crippen LogP contribution < -0.4 is 9.64 Å². The molecule has 1 atom stereocenters. The Labute approximate surface area is 229 Å². The monoisotopic (exact) mass is 541 g/mol. The molecule has 1 aromatic heterocycles. The van der Waals surface area contributed by atoms with Crippen molar-refractivity contribution >= 4 is 40.4 Å². The molecule has 10 heteroatoms. The molecule has 10 nitrogen and oxygen atoms in total. The SMILES string of the molecule is CCCCCOc1ccc(/C(O)=C2\C(=O)C(=O)N(c3nc4ccc(C(=O)O)cc4[nH]3)C2c2ccc(O)cc2)cc1. The summed E-state index contributed by atoms with van der Waals surface area (Å²) >= 11 is 0. The number of hydrogen-bond acceptors (Lipinski definition) is 7. The third kappa shape index (κ3) is 4.98. The number of phenolic OH excluding ortho intramolecular Hbond substituents is 1. The second kappa shape index (κ2) is 10.9. The lowest BCUT2D eigenvalue weighted by atomic mass is 9.95. The van der Waals surface area contributed by atoms with Crippen LogP contribution in [-0.2, 0) is 9.59 Å². The van der Waals surface area contributed by atoms with Gasteiger partial charge in [0.15, 0.2) is 0 Å². The maximum atomic E-state index is 13.4. The molecule has 0 saturated carbocycles. The molecule has 0 aliphatic carbocycles. The lowest BCUT2D eigenvalue weighted by Gasteiger charge is -2.23. The number of aromatic carboxylic acids is 1. The van der Waals surface area contributed by atoms with Gasteiger partial charge in [-0.05, 0) is 66.6 Å². The van der Waals surface area contributed by atoms with E-state index in [4.69, 9.17) is 4.74 Å². The molecule has 0 radical (unpaired) electrons. The molecule has 1 saturated heterocycles. The molecule has 1 amide bonds. The van der Waals surface area contributed by atoms with Gasteiger partial charge in [-0.2, -0.15) is 0 Å². The number of H-pyrrole nitrogens is 1. The lowest BCUT2D eigenvalue weighted by molar-refractivity contribution is -0.132. The van der Waals surface area contributed by atoms with Gasteiger partial charge in [0.1, 0.15) is 17.3 Å². The second-order valence-electron chi connectivity index (χ2n) is 9.44. The fourth-order valence-corrected chi connectivity index (χ4v) is 4.67. The number of benzene rings is 3. The summed E-state index contributed by atoms with van der Waals surface area (Å²) in [5, 5.41) is 30.5. The number of aromatic hydroxyl groups is 1. The molecular formula is C30H27N3O7. The van der Waals surface area contributed by atoms with E-state index in [9.17, 15) is 29.7 Å². The molecule has 1 unspecified atom stereocenters. The number of anilines is 1. The fourth-order valence-electron chi connectivity index (χ4n) is 4.67. The van der Waals surface area contributed by atoms with Gasteiger partial charge in [-0.3, -0.25) is 14.5 Å². The Morgan fingerprint density at radius 3 is 2.35 bits per heavy atom. The van der Waals surface area contributed by atoms with E-state index in [1.54, 1.807) is 36.4 Å². The minimum Gasteiger partial charge on any atom is -0.508 e. The van der Waals surface area contributed by atoms with E-state index < -0.39 is 23.7 Å². The first-order chi connectivity index (χ1) is 19.3. The number of aliphatic hydroxyl groups excluding tert-OH is 1. The Kier molecular flexibility index (Phi) is 7.24. The van der Waals surface area contributed by atoms with Crippen LogP contribution >= 0.6 is 0 Å². The number of unbranched alkanes of at least 4 members (excludes halogenated alkanes) is 2. The van der Waals surface area contributed by atoms with Crippen molar-refractivity contribution in [1.82, 2.24) is 9.97 Å². The normalized spacial score (nSPS) is 16.5. The molecular weight excluding hydrogens is 514 g/mol. The zero-order valence-electron chi connectivity index (χ0n) is 21.6. The predicted octanol–water partition coefficient (Wildman–Crippen LogP) is 5.16. The molecule has 4 N–H and O–H groups in total. The number of carboxylic acids is 1. The molecule has 40 heavy (non-hydrogen) atoms. The van der Waals surface area contributed by atoms with E-state index in [1.165, 1.54) is 30.3 Å². The van der Waals surface area contributed by atoms with Gasteiger partial charge in [0.2, 0.25) is 5.95 Å². The Bertz CT molecular complexity index is 1620. The summed E-state index contributed by atoms with van der Waals surface area (Å²) in [6, 6.07) is 15.7. The number of nitrogens with one attached hydrogen (secondary N) is 1. The standard InChI is InChI=1S/C30H27N3O7/c1-2-3-4-15-40-21-12-7-18(8-13-21)26(35)24-25(17-5-10-20(34)11-6-17)33(28(37)27(24)36)30-31-22-14-9-19(29(38)39)16-23(22)32-30/h5-14,16,25,34-35H,2-4,15H2,1H3,(H,31,32)(H,38,39)/b26-24+. The van der Waals surface area contributed by atoms with Gasteiger partial charge in [-0.15, -0.1) is 0 Å². The first kappa shape index (κ1) is 26.5. The smallest absolute Gasteiger partial charge is 0.335 e. The molecule has 1 aliphatic heterocycles. The summed E-state index contributed by atoms with van der Waals surface area (Å²) < 4.78 is 5.74. The highest BCUT2D eigenvalue weighted by Crippen LogP contribution is 2.42. The van der Waals surface area contributed by atoms with Crippen LogP contribution in [0, 0.1) is 0 Å². The summed E-state index contributed by atoms with van der Waals surface area (Å²) in [6.07, 6.45) is 3.06. The quantitative estimate of drug-likeness (QED) is 0.0981. The van der Waals surface area contributed by atoms with Crippen LogP contribution in [0.4, 0.5) is 5.95 Å². The largest absolute Gasteiger partial charge is 0.508 e. The van der Waals surface area contributed by atoms with Crippen molar-refractivity contribution in [3.63, 3.8) is 0 Å². The third-order valence-corrected chi connectivity index (χ3v) is 6.74. The van der Waals surface area contributed by atoms with E-state index in [0.29, 0.717) is 34.5 Å². The van der Waals surface area contributed by atoms with Crippen molar-refractivity contribution in [3.8, 4) is 11.5 Å². The first-order valence-electron chi connectivity index (χ1n) is 12.8. The molecule has 1 fully saturated rings. The van der Waals surface area contributed by atoms with Crippen LogP contribution in [0.15, 0.2) is 72.3 Å². The zero-order chi connectivity index (χ0) is 28.4. The highest BCUT2D eigenvalue weighted by molar-refractivity contribution is 6.51. The van der Waals surface area contributed by atoms with E-state index in [0.717, 1.165) is 24.2 Å². The number of fused-ring (bicyclic) bond motifs is 1. The number of ketones is 1. The molecule has 0 spiro atoms. The molecule has 3 aromatic carbocycles. The minimum absolute atomic E-state index is 0.00703. The van der Waals surface area contributed by atoms with Gasteiger partial charge in [-0.25, -0.2) is 9.78 Å². The third-order valence-electron chi connectivity index (χ3n) is 6.74. The van der Waals surface area contributed by atoms with Crippen LogP contribution in [0.3, 0.4) is 0 Å². The summed E-state index contributed by atoms with van der Waals surface area (Å²) in [5.74, 6) is -2.73. The van der Waals surface area contributed by atoms with Crippen molar-refractivity contribution in [2.75, 3.05) is 11.5 Å². The van der Waals surface area contributed by atoms with Crippen molar-refractivity contribution in [3.05, 3.63) is 89.0 Å². The van der Waals surface area contributed by atoms with Gasteiger partial charge in [0, 0.05) is 5.56 Å². The molecule has 5 rings (SSSR count). The van der Waals surface area contributed by atoms with Crippen molar-refractivity contribution in [2.45, 2.75) is 32.2 Å². The average Bonchev–Trinajstić information content (AvgIpc) is 3.49. The highest BCUT2D eigenvalue weighted by Gasteiger charge is 2.48. The number of imidazole rings is 1. The Hall–Kier alpha value is -5.12. The topological polar surface area (TPSA) is 153 Å². The number of nitrogens with zero attached hydrogens (tertiary/aromatic N) is 2. The van der Waals surface area contributed by atoms with Crippen molar-refractivity contribution < 1.29 is 34.4 Å². The maximum absolute atomic E-state index is 13.4. The van der Waals surface area contributed by atoms with E-state index in [1.807, 2.05) is 0 Å². The van der Waals surface area contributed by atoms with Gasteiger partial charge in [-0.1, -0.05) is 31.9 Å². The Morgan fingerprint density at radius 2 is 1.68 bits per heavy atom. The van der Waals surface area contributed by atoms with Crippen LogP contribution in [0.25, 0.3) is 16.8 Å².